The van der Waals surface area contributed by atoms with E-state index in [0.717, 1.165) is 36.1 Å². The topological polar surface area (TPSA) is 29.3 Å². The summed E-state index contributed by atoms with van der Waals surface area (Å²) in [4.78, 5) is 2.59. The minimum Gasteiger partial charge on any atom is -0.324 e. The highest BCUT2D eigenvalue weighted by Gasteiger charge is 2.21. The molecule has 106 valence electrons. The molecule has 0 radical (unpaired) electrons. The molecule has 1 saturated carbocycles. The third kappa shape index (κ3) is 3.95. The molecule has 0 saturated heterocycles. The zero-order valence-electron chi connectivity index (χ0n) is 11.8. The summed E-state index contributed by atoms with van der Waals surface area (Å²) in [5, 5.41) is 0.791. The Kier molecular flexibility index (Phi) is 5.68. The maximum atomic E-state index is 6.29. The zero-order valence-corrected chi connectivity index (χ0v) is 12.6. The van der Waals surface area contributed by atoms with Gasteiger partial charge in [0.05, 0.1) is 0 Å². The lowest BCUT2D eigenvalue weighted by atomic mass is 10.0. The maximum Gasteiger partial charge on any atom is 0.0453 e. The van der Waals surface area contributed by atoms with Gasteiger partial charge in [-0.1, -0.05) is 49.6 Å². The van der Waals surface area contributed by atoms with Crippen LogP contribution < -0.4 is 5.73 Å². The van der Waals surface area contributed by atoms with Crippen molar-refractivity contribution in [2.24, 2.45) is 5.73 Å². The summed E-state index contributed by atoms with van der Waals surface area (Å²) in [6, 6.07) is 8.75. The second-order valence-corrected chi connectivity index (χ2v) is 5.89. The van der Waals surface area contributed by atoms with E-state index < -0.39 is 0 Å². The standard InChI is InChI=1S/C16H25ClN2/c1-2-19(13-7-3-4-8-13)12-11-16(18)14-9-5-6-10-15(14)17/h5-6,9-10,13,16H,2-4,7-8,11-12,18H2,1H3. The molecule has 0 amide bonds. The van der Waals surface area contributed by atoms with Crippen LogP contribution in [-0.4, -0.2) is 24.0 Å². The summed E-state index contributed by atoms with van der Waals surface area (Å²) in [6.45, 7) is 4.45. The van der Waals surface area contributed by atoms with Gasteiger partial charge < -0.3 is 10.6 Å². The first-order valence-corrected chi connectivity index (χ1v) is 7.84. The molecule has 1 aromatic rings. The Labute approximate surface area is 121 Å². The Balaban J connectivity index is 1.88. The number of hydrogen-bond donors (Lipinski definition) is 1. The minimum absolute atomic E-state index is 0.0455. The molecule has 2 N–H and O–H groups in total. The van der Waals surface area contributed by atoms with Crippen LogP contribution >= 0.6 is 11.6 Å². The van der Waals surface area contributed by atoms with Crippen LogP contribution in [0.1, 0.15) is 50.6 Å². The second kappa shape index (κ2) is 7.28. The molecule has 0 aliphatic heterocycles. The third-order valence-electron chi connectivity index (χ3n) is 4.28. The fraction of sp³-hybridized carbons (Fsp3) is 0.625. The van der Waals surface area contributed by atoms with Crippen molar-refractivity contribution >= 4 is 11.6 Å². The molecule has 1 aliphatic rings. The first-order chi connectivity index (χ1) is 9.22. The van der Waals surface area contributed by atoms with Crippen LogP contribution in [0.15, 0.2) is 24.3 Å². The molecule has 0 bridgehead atoms. The highest BCUT2D eigenvalue weighted by Crippen LogP contribution is 2.26. The molecule has 0 heterocycles. The van der Waals surface area contributed by atoms with Gasteiger partial charge in [-0.2, -0.15) is 0 Å². The predicted octanol–water partition coefficient (Wildman–Crippen LogP) is 3.99. The van der Waals surface area contributed by atoms with Crippen LogP contribution in [0, 0.1) is 0 Å². The van der Waals surface area contributed by atoms with Crippen molar-refractivity contribution < 1.29 is 0 Å². The molecular weight excluding hydrogens is 256 g/mol. The first kappa shape index (κ1) is 14.8. The highest BCUT2D eigenvalue weighted by atomic mass is 35.5. The molecule has 3 heteroatoms. The average Bonchev–Trinajstić information content (AvgIpc) is 2.94. The number of rotatable bonds is 6. The van der Waals surface area contributed by atoms with E-state index in [1.54, 1.807) is 0 Å². The highest BCUT2D eigenvalue weighted by molar-refractivity contribution is 6.31. The van der Waals surface area contributed by atoms with E-state index in [1.807, 2.05) is 24.3 Å². The number of nitrogens with two attached hydrogens (primary N) is 1. The first-order valence-electron chi connectivity index (χ1n) is 7.46. The van der Waals surface area contributed by atoms with Gasteiger partial charge in [-0.15, -0.1) is 0 Å². The van der Waals surface area contributed by atoms with E-state index in [4.69, 9.17) is 17.3 Å². The van der Waals surface area contributed by atoms with E-state index in [0.29, 0.717) is 0 Å². The molecule has 0 spiro atoms. The molecule has 1 aliphatic carbocycles. The third-order valence-corrected chi connectivity index (χ3v) is 4.62. The Bertz CT molecular complexity index is 388. The van der Waals surface area contributed by atoms with E-state index >= 15 is 0 Å². The van der Waals surface area contributed by atoms with Crippen LogP contribution in [0.4, 0.5) is 0 Å². The quantitative estimate of drug-likeness (QED) is 0.854. The number of nitrogens with zero attached hydrogens (tertiary/aromatic N) is 1. The van der Waals surface area contributed by atoms with Gasteiger partial charge >= 0.3 is 0 Å². The molecule has 1 aromatic carbocycles. The normalized spacial score (nSPS) is 18.1. The molecule has 0 aromatic heterocycles. The van der Waals surface area contributed by atoms with Crippen molar-refractivity contribution in [1.82, 2.24) is 4.90 Å². The van der Waals surface area contributed by atoms with Crippen LogP contribution in [-0.2, 0) is 0 Å². The van der Waals surface area contributed by atoms with Crippen molar-refractivity contribution in [3.63, 3.8) is 0 Å². The van der Waals surface area contributed by atoms with Gasteiger partial charge in [0, 0.05) is 23.7 Å². The lowest BCUT2D eigenvalue weighted by molar-refractivity contribution is 0.202. The fourth-order valence-electron chi connectivity index (χ4n) is 3.10. The van der Waals surface area contributed by atoms with E-state index in [2.05, 4.69) is 11.8 Å². The van der Waals surface area contributed by atoms with Gasteiger partial charge in [0.15, 0.2) is 0 Å². The predicted molar refractivity (Wildman–Crippen MR) is 82.5 cm³/mol. The summed E-state index contributed by atoms with van der Waals surface area (Å²) in [5.41, 5.74) is 7.36. The van der Waals surface area contributed by atoms with Crippen molar-refractivity contribution in [3.8, 4) is 0 Å². The van der Waals surface area contributed by atoms with E-state index in [1.165, 1.54) is 25.7 Å². The van der Waals surface area contributed by atoms with Gasteiger partial charge in [0.25, 0.3) is 0 Å². The van der Waals surface area contributed by atoms with Crippen LogP contribution in [0.3, 0.4) is 0 Å². The van der Waals surface area contributed by atoms with Crippen LogP contribution in [0.2, 0.25) is 5.02 Å². The molecule has 2 nitrogen and oxygen atoms in total. The largest absolute Gasteiger partial charge is 0.324 e. The van der Waals surface area contributed by atoms with E-state index in [9.17, 15) is 0 Å². The molecule has 2 rings (SSSR count). The van der Waals surface area contributed by atoms with Crippen molar-refractivity contribution in [3.05, 3.63) is 34.9 Å². The second-order valence-electron chi connectivity index (χ2n) is 5.48. The zero-order chi connectivity index (χ0) is 13.7. The van der Waals surface area contributed by atoms with Gasteiger partial charge in [-0.3, -0.25) is 0 Å². The van der Waals surface area contributed by atoms with Crippen molar-refractivity contribution in [1.29, 1.82) is 0 Å². The molecule has 19 heavy (non-hydrogen) atoms. The van der Waals surface area contributed by atoms with E-state index in [-0.39, 0.29) is 6.04 Å². The van der Waals surface area contributed by atoms with Gasteiger partial charge in [0.2, 0.25) is 0 Å². The fourth-order valence-corrected chi connectivity index (χ4v) is 3.38. The van der Waals surface area contributed by atoms with Gasteiger partial charge in [0.1, 0.15) is 0 Å². The Morgan fingerprint density at radius 2 is 2.00 bits per heavy atom. The summed E-state index contributed by atoms with van der Waals surface area (Å²) in [5.74, 6) is 0. The lowest BCUT2D eigenvalue weighted by Crippen LogP contribution is -2.35. The lowest BCUT2D eigenvalue weighted by Gasteiger charge is -2.28. The SMILES string of the molecule is CCN(CCC(N)c1ccccc1Cl)C1CCCC1. The Morgan fingerprint density at radius 1 is 1.32 bits per heavy atom. The van der Waals surface area contributed by atoms with Crippen molar-refractivity contribution in [2.75, 3.05) is 13.1 Å². The monoisotopic (exact) mass is 280 g/mol. The molecule has 1 unspecified atom stereocenters. The van der Waals surface area contributed by atoms with Gasteiger partial charge in [-0.25, -0.2) is 0 Å². The average molecular weight is 281 g/mol. The molecule has 1 fully saturated rings. The Morgan fingerprint density at radius 3 is 2.63 bits per heavy atom. The number of halogens is 1. The smallest absolute Gasteiger partial charge is 0.0453 e. The summed E-state index contributed by atoms with van der Waals surface area (Å²) < 4.78 is 0. The van der Waals surface area contributed by atoms with Crippen LogP contribution in [0.25, 0.3) is 0 Å². The number of hydrogen-bond acceptors (Lipinski definition) is 2. The minimum atomic E-state index is 0.0455. The van der Waals surface area contributed by atoms with Crippen LogP contribution in [0.5, 0.6) is 0 Å². The maximum absolute atomic E-state index is 6.29. The Hall–Kier alpha value is -0.570. The molecule has 1 atom stereocenters. The molecular formula is C16H25ClN2. The van der Waals surface area contributed by atoms with Gasteiger partial charge in [-0.05, 0) is 37.4 Å². The number of benzene rings is 1. The van der Waals surface area contributed by atoms with Crippen molar-refractivity contribution in [2.45, 2.75) is 51.1 Å². The summed E-state index contributed by atoms with van der Waals surface area (Å²) >= 11 is 6.20. The summed E-state index contributed by atoms with van der Waals surface area (Å²) in [7, 11) is 0. The summed E-state index contributed by atoms with van der Waals surface area (Å²) in [6.07, 6.45) is 6.47.